The van der Waals surface area contributed by atoms with Crippen LogP contribution in [0.25, 0.3) is 11.1 Å². The number of benzene rings is 3. The molecule has 2 amide bonds. The number of nitrogens with one attached hydrogen (secondary N) is 1. The molecule has 0 spiro atoms. The minimum atomic E-state index is -0.466. The van der Waals surface area contributed by atoms with Gasteiger partial charge in [-0.1, -0.05) is 31.2 Å². The summed E-state index contributed by atoms with van der Waals surface area (Å²) < 4.78 is 18.2. The van der Waals surface area contributed by atoms with Crippen LogP contribution in [0.4, 0.5) is 10.1 Å². The van der Waals surface area contributed by atoms with E-state index in [1.165, 1.54) is 25.3 Å². The third-order valence-corrected chi connectivity index (χ3v) is 6.02. The van der Waals surface area contributed by atoms with E-state index >= 15 is 0 Å². The summed E-state index contributed by atoms with van der Waals surface area (Å²) in [5.41, 5.74) is 4.26. The average molecular weight is 461 g/mol. The van der Waals surface area contributed by atoms with E-state index < -0.39 is 5.82 Å². The predicted molar refractivity (Wildman–Crippen MR) is 127 cm³/mol. The Kier molecular flexibility index (Phi) is 6.72. The highest BCUT2D eigenvalue weighted by molar-refractivity contribution is 6.04. The van der Waals surface area contributed by atoms with Gasteiger partial charge in [-0.15, -0.1) is 0 Å². The zero-order valence-corrected chi connectivity index (χ0v) is 19.0. The first kappa shape index (κ1) is 23.2. The lowest BCUT2D eigenvalue weighted by Crippen LogP contribution is -2.33. The summed E-state index contributed by atoms with van der Waals surface area (Å²) in [4.78, 5) is 38.8. The smallest absolute Gasteiger partial charge is 0.310 e. The van der Waals surface area contributed by atoms with Crippen molar-refractivity contribution in [3.63, 3.8) is 0 Å². The van der Waals surface area contributed by atoms with Gasteiger partial charge in [0.05, 0.1) is 13.0 Å². The number of carbonyl (C=O) groups excluding carboxylic acids is 3. The molecule has 0 radical (unpaired) electrons. The molecule has 174 valence electrons. The molecule has 3 aromatic rings. The summed E-state index contributed by atoms with van der Waals surface area (Å²) in [5, 5.41) is 2.76. The number of ether oxygens (including phenoxy) is 1. The van der Waals surface area contributed by atoms with Crippen molar-refractivity contribution in [3.05, 3.63) is 89.2 Å². The SMILES string of the molecule is CC[C@@H](CN1Cc2cc(-c3ccc(NC(=O)c4cccc(F)c4)cc3)ccc2C1=O)C(=O)OC. The highest BCUT2D eigenvalue weighted by Gasteiger charge is 2.31. The number of anilines is 1. The zero-order valence-electron chi connectivity index (χ0n) is 19.0. The van der Waals surface area contributed by atoms with Crippen LogP contribution in [-0.4, -0.2) is 36.3 Å². The fraction of sp³-hybridized carbons (Fsp3) is 0.222. The van der Waals surface area contributed by atoms with Crippen LogP contribution in [0.2, 0.25) is 0 Å². The number of hydrogen-bond acceptors (Lipinski definition) is 4. The molecule has 1 heterocycles. The quantitative estimate of drug-likeness (QED) is 0.509. The highest BCUT2D eigenvalue weighted by atomic mass is 19.1. The minimum Gasteiger partial charge on any atom is -0.469 e. The molecule has 0 bridgehead atoms. The van der Waals surface area contributed by atoms with Crippen molar-refractivity contribution in [2.45, 2.75) is 19.9 Å². The van der Waals surface area contributed by atoms with Crippen LogP contribution in [0.1, 0.15) is 39.6 Å². The molecule has 0 aliphatic carbocycles. The molecule has 34 heavy (non-hydrogen) atoms. The maximum Gasteiger partial charge on any atom is 0.310 e. The number of esters is 1. The van der Waals surface area contributed by atoms with E-state index in [-0.39, 0.29) is 29.3 Å². The van der Waals surface area contributed by atoms with Crippen molar-refractivity contribution >= 4 is 23.5 Å². The van der Waals surface area contributed by atoms with Gasteiger partial charge in [0, 0.05) is 29.9 Å². The molecule has 0 fully saturated rings. The van der Waals surface area contributed by atoms with Gasteiger partial charge in [0.1, 0.15) is 5.82 Å². The fourth-order valence-corrected chi connectivity index (χ4v) is 4.09. The summed E-state index contributed by atoms with van der Waals surface area (Å²) in [6.45, 7) is 2.67. The first-order valence-corrected chi connectivity index (χ1v) is 11.1. The van der Waals surface area contributed by atoms with Gasteiger partial charge >= 0.3 is 5.97 Å². The number of fused-ring (bicyclic) bond motifs is 1. The Morgan fingerprint density at radius 2 is 1.79 bits per heavy atom. The normalized spacial score (nSPS) is 13.4. The number of carbonyl (C=O) groups is 3. The van der Waals surface area contributed by atoms with E-state index in [1.807, 2.05) is 37.3 Å². The summed E-state index contributed by atoms with van der Waals surface area (Å²) in [7, 11) is 1.36. The molecule has 0 saturated heterocycles. The maximum atomic E-state index is 13.4. The van der Waals surface area contributed by atoms with Crippen molar-refractivity contribution < 1.29 is 23.5 Å². The van der Waals surface area contributed by atoms with Gasteiger partial charge in [-0.3, -0.25) is 14.4 Å². The Balaban J connectivity index is 1.46. The Hall–Kier alpha value is -4.00. The molecule has 0 unspecified atom stereocenters. The van der Waals surface area contributed by atoms with Crippen molar-refractivity contribution in [3.8, 4) is 11.1 Å². The lowest BCUT2D eigenvalue weighted by molar-refractivity contribution is -0.146. The molecular weight excluding hydrogens is 435 g/mol. The number of nitrogens with zero attached hydrogens (tertiary/aromatic N) is 1. The lowest BCUT2D eigenvalue weighted by atomic mass is 10.0. The standard InChI is InChI=1S/C27H25FN2O4/c1-3-17(27(33)34-2)15-30-16-21-13-19(9-12-24(21)26(30)32)18-7-10-23(11-8-18)29-25(31)20-5-4-6-22(28)14-20/h4-14,17H,3,15-16H2,1-2H3,(H,29,31)/t17-/m0/s1. The number of methoxy groups -OCH3 is 1. The van der Waals surface area contributed by atoms with E-state index in [2.05, 4.69) is 5.32 Å². The number of halogens is 1. The van der Waals surface area contributed by atoms with Crippen molar-refractivity contribution in [2.24, 2.45) is 5.92 Å². The molecule has 0 saturated carbocycles. The number of rotatable bonds is 7. The third kappa shape index (κ3) is 4.83. The Labute approximate surface area is 197 Å². The number of amides is 2. The summed E-state index contributed by atoms with van der Waals surface area (Å²) in [5.74, 6) is -1.60. The Morgan fingerprint density at radius 3 is 2.47 bits per heavy atom. The fourth-order valence-electron chi connectivity index (χ4n) is 4.09. The predicted octanol–water partition coefficient (Wildman–Crippen LogP) is 4.90. The molecule has 1 N–H and O–H groups in total. The van der Waals surface area contributed by atoms with Crippen molar-refractivity contribution in [1.82, 2.24) is 4.90 Å². The second kappa shape index (κ2) is 9.87. The molecule has 1 aliphatic heterocycles. The van der Waals surface area contributed by atoms with E-state index in [1.54, 1.807) is 23.1 Å². The molecule has 0 aromatic heterocycles. The topological polar surface area (TPSA) is 75.7 Å². The molecular formula is C27H25FN2O4. The van der Waals surface area contributed by atoms with Gasteiger partial charge in [0.25, 0.3) is 11.8 Å². The van der Waals surface area contributed by atoms with Crippen molar-refractivity contribution in [1.29, 1.82) is 0 Å². The van der Waals surface area contributed by atoms with Crippen LogP contribution in [0, 0.1) is 11.7 Å². The molecule has 4 rings (SSSR count). The monoisotopic (exact) mass is 460 g/mol. The Morgan fingerprint density at radius 1 is 1.06 bits per heavy atom. The van der Waals surface area contributed by atoms with Crippen LogP contribution in [0.5, 0.6) is 0 Å². The average Bonchev–Trinajstić information content (AvgIpc) is 3.16. The van der Waals surface area contributed by atoms with Crippen LogP contribution in [0.3, 0.4) is 0 Å². The Bertz CT molecular complexity index is 1240. The molecule has 1 atom stereocenters. The van der Waals surface area contributed by atoms with Crippen LogP contribution < -0.4 is 5.32 Å². The van der Waals surface area contributed by atoms with Crippen LogP contribution >= 0.6 is 0 Å². The van der Waals surface area contributed by atoms with Crippen LogP contribution in [-0.2, 0) is 16.1 Å². The largest absolute Gasteiger partial charge is 0.469 e. The summed E-state index contributed by atoms with van der Waals surface area (Å²) in [6, 6.07) is 18.5. The molecule has 3 aromatic carbocycles. The molecule has 1 aliphatic rings. The highest BCUT2D eigenvalue weighted by Crippen LogP contribution is 2.30. The zero-order chi connectivity index (χ0) is 24.2. The first-order chi connectivity index (χ1) is 16.4. The third-order valence-electron chi connectivity index (χ3n) is 6.02. The minimum absolute atomic E-state index is 0.0840. The van der Waals surface area contributed by atoms with Gasteiger partial charge < -0.3 is 15.0 Å². The molecule has 6 nitrogen and oxygen atoms in total. The lowest BCUT2D eigenvalue weighted by Gasteiger charge is -2.20. The molecule has 7 heteroatoms. The number of hydrogen-bond donors (Lipinski definition) is 1. The van der Waals surface area contributed by atoms with E-state index in [0.717, 1.165) is 16.7 Å². The first-order valence-electron chi connectivity index (χ1n) is 11.1. The second-order valence-electron chi connectivity index (χ2n) is 8.23. The maximum absolute atomic E-state index is 13.4. The van der Waals surface area contributed by atoms with Crippen molar-refractivity contribution in [2.75, 3.05) is 19.0 Å². The van der Waals surface area contributed by atoms with Gasteiger partial charge in [0.2, 0.25) is 0 Å². The van der Waals surface area contributed by atoms with E-state index in [4.69, 9.17) is 4.74 Å². The second-order valence-corrected chi connectivity index (χ2v) is 8.23. The van der Waals surface area contributed by atoms with Crippen LogP contribution in [0.15, 0.2) is 66.7 Å². The van der Waals surface area contributed by atoms with Gasteiger partial charge in [-0.2, -0.15) is 0 Å². The van der Waals surface area contributed by atoms with Gasteiger partial charge in [0.15, 0.2) is 0 Å². The van der Waals surface area contributed by atoms with E-state index in [0.29, 0.717) is 30.8 Å². The van der Waals surface area contributed by atoms with Gasteiger partial charge in [-0.05, 0) is 65.6 Å². The van der Waals surface area contributed by atoms with Gasteiger partial charge in [-0.25, -0.2) is 4.39 Å². The summed E-state index contributed by atoms with van der Waals surface area (Å²) >= 11 is 0. The summed E-state index contributed by atoms with van der Waals surface area (Å²) in [6.07, 6.45) is 0.597. The van der Waals surface area contributed by atoms with E-state index in [9.17, 15) is 18.8 Å².